The van der Waals surface area contributed by atoms with Crippen LogP contribution in [0, 0.1) is 0 Å². The van der Waals surface area contributed by atoms with E-state index in [0.717, 1.165) is 11.1 Å². The Bertz CT molecular complexity index is 711. The van der Waals surface area contributed by atoms with Gasteiger partial charge in [0.25, 0.3) is 0 Å². The minimum absolute atomic E-state index is 0.167. The summed E-state index contributed by atoms with van der Waals surface area (Å²) in [6.07, 6.45) is 3.46. The zero-order chi connectivity index (χ0) is 17.4. The van der Waals surface area contributed by atoms with Crippen LogP contribution in [0.3, 0.4) is 0 Å². The molecule has 126 valence electrons. The summed E-state index contributed by atoms with van der Waals surface area (Å²) in [6.45, 7) is -0.792. The zero-order valence-electron chi connectivity index (χ0n) is 13.2. The smallest absolute Gasteiger partial charge is 0.387 e. The molecule has 3 nitrogen and oxygen atoms in total. The lowest BCUT2D eigenvalue weighted by molar-refractivity contribution is -0.137. The molecule has 0 aliphatic heterocycles. The molecular formula is C19H18F2O3. The van der Waals surface area contributed by atoms with Gasteiger partial charge >= 0.3 is 12.6 Å². The van der Waals surface area contributed by atoms with E-state index in [0.29, 0.717) is 18.6 Å². The first kappa shape index (κ1) is 17.7. The quantitative estimate of drug-likeness (QED) is 0.555. The van der Waals surface area contributed by atoms with Crippen LogP contribution in [0.1, 0.15) is 23.6 Å². The normalized spacial score (nSPS) is 11.0. The molecule has 0 unspecified atom stereocenters. The molecule has 0 aromatic heterocycles. The fourth-order valence-corrected chi connectivity index (χ4v) is 2.24. The molecule has 0 atom stereocenters. The van der Waals surface area contributed by atoms with Crippen molar-refractivity contribution in [3.8, 4) is 5.75 Å². The molecule has 0 amide bonds. The van der Waals surface area contributed by atoms with Gasteiger partial charge < -0.3 is 9.47 Å². The minimum Gasteiger partial charge on any atom is -0.463 e. The van der Waals surface area contributed by atoms with Crippen molar-refractivity contribution in [3.63, 3.8) is 0 Å². The van der Waals surface area contributed by atoms with Gasteiger partial charge in [-0.2, -0.15) is 8.78 Å². The van der Waals surface area contributed by atoms with Gasteiger partial charge in [-0.3, -0.25) is 0 Å². The summed E-state index contributed by atoms with van der Waals surface area (Å²) in [5.41, 5.74) is 2.42. The maximum atomic E-state index is 12.5. The molecule has 0 aliphatic rings. The Morgan fingerprint density at radius 2 is 1.96 bits per heavy atom. The Morgan fingerprint density at radius 3 is 2.71 bits per heavy atom. The summed E-state index contributed by atoms with van der Waals surface area (Å²) < 4.78 is 34.3. The van der Waals surface area contributed by atoms with Crippen molar-refractivity contribution < 1.29 is 23.0 Å². The van der Waals surface area contributed by atoms with Crippen molar-refractivity contribution in [2.75, 3.05) is 6.61 Å². The second-order valence-electron chi connectivity index (χ2n) is 4.99. The SMILES string of the molecule is CCOC(=O)/C=C/c1cccc(Cc2ccccc2OC(F)F)c1. The number of halogens is 2. The standard InChI is InChI=1S/C19H18F2O3/c1-2-23-18(22)11-10-14-6-5-7-15(12-14)13-16-8-3-4-9-17(16)24-19(20)21/h3-12,19H,2,13H2,1H3/b11-10+. The highest BCUT2D eigenvalue weighted by molar-refractivity contribution is 5.87. The van der Waals surface area contributed by atoms with E-state index in [-0.39, 0.29) is 5.75 Å². The predicted octanol–water partition coefficient (Wildman–Crippen LogP) is 4.46. The number of alkyl halides is 2. The Balaban J connectivity index is 2.14. The van der Waals surface area contributed by atoms with Gasteiger partial charge in [-0.05, 0) is 35.8 Å². The Hall–Kier alpha value is -2.69. The third-order valence-corrected chi connectivity index (χ3v) is 3.23. The Kier molecular flexibility index (Phi) is 6.49. The van der Waals surface area contributed by atoms with E-state index in [1.165, 1.54) is 12.1 Å². The van der Waals surface area contributed by atoms with Crippen LogP contribution in [0.25, 0.3) is 6.08 Å². The monoisotopic (exact) mass is 332 g/mol. The van der Waals surface area contributed by atoms with E-state index in [1.54, 1.807) is 31.2 Å². The van der Waals surface area contributed by atoms with Gasteiger partial charge in [-0.25, -0.2) is 4.79 Å². The highest BCUT2D eigenvalue weighted by Crippen LogP contribution is 2.23. The van der Waals surface area contributed by atoms with E-state index in [1.807, 2.05) is 24.3 Å². The van der Waals surface area contributed by atoms with Crippen molar-refractivity contribution in [1.82, 2.24) is 0 Å². The van der Waals surface area contributed by atoms with Gasteiger partial charge in [0.1, 0.15) is 5.75 Å². The minimum atomic E-state index is -2.86. The average Bonchev–Trinajstić information content (AvgIpc) is 2.55. The molecule has 0 N–H and O–H groups in total. The summed E-state index contributed by atoms with van der Waals surface area (Å²) in [5.74, 6) is -0.237. The molecule has 2 aromatic rings. The number of hydrogen-bond acceptors (Lipinski definition) is 3. The first-order valence-electron chi connectivity index (χ1n) is 7.55. The van der Waals surface area contributed by atoms with E-state index in [9.17, 15) is 13.6 Å². The summed E-state index contributed by atoms with van der Waals surface area (Å²) >= 11 is 0. The molecule has 0 aliphatic carbocycles. The van der Waals surface area contributed by atoms with E-state index in [2.05, 4.69) is 4.74 Å². The van der Waals surface area contributed by atoms with E-state index < -0.39 is 12.6 Å². The zero-order valence-corrected chi connectivity index (χ0v) is 13.2. The van der Waals surface area contributed by atoms with Gasteiger partial charge in [-0.1, -0.05) is 42.5 Å². The molecule has 0 saturated heterocycles. The molecule has 0 heterocycles. The Morgan fingerprint density at radius 1 is 1.17 bits per heavy atom. The van der Waals surface area contributed by atoms with Crippen molar-refractivity contribution in [1.29, 1.82) is 0 Å². The number of hydrogen-bond donors (Lipinski definition) is 0. The van der Waals surface area contributed by atoms with Crippen LogP contribution < -0.4 is 4.74 Å². The lowest BCUT2D eigenvalue weighted by Crippen LogP contribution is -2.04. The number of esters is 1. The van der Waals surface area contributed by atoms with Crippen LogP contribution in [-0.4, -0.2) is 19.2 Å². The number of carbonyl (C=O) groups is 1. The maximum absolute atomic E-state index is 12.5. The topological polar surface area (TPSA) is 35.5 Å². The molecule has 2 rings (SSSR count). The molecule has 0 bridgehead atoms. The number of rotatable bonds is 7. The van der Waals surface area contributed by atoms with Gasteiger partial charge in [0.2, 0.25) is 0 Å². The largest absolute Gasteiger partial charge is 0.463 e. The lowest BCUT2D eigenvalue weighted by atomic mass is 10.0. The van der Waals surface area contributed by atoms with Crippen LogP contribution in [-0.2, 0) is 16.0 Å². The van der Waals surface area contributed by atoms with Gasteiger partial charge in [0.15, 0.2) is 0 Å². The van der Waals surface area contributed by atoms with Crippen molar-refractivity contribution >= 4 is 12.0 Å². The molecule has 0 fully saturated rings. The second kappa shape index (κ2) is 8.82. The van der Waals surface area contributed by atoms with Gasteiger partial charge in [-0.15, -0.1) is 0 Å². The number of benzene rings is 2. The molecule has 0 saturated carbocycles. The van der Waals surface area contributed by atoms with Crippen LogP contribution >= 0.6 is 0 Å². The van der Waals surface area contributed by atoms with Crippen LogP contribution in [0.4, 0.5) is 8.78 Å². The van der Waals surface area contributed by atoms with Gasteiger partial charge in [0, 0.05) is 12.5 Å². The van der Waals surface area contributed by atoms with Crippen LogP contribution in [0.5, 0.6) is 5.75 Å². The average molecular weight is 332 g/mol. The number of para-hydroxylation sites is 1. The summed E-state index contributed by atoms with van der Waals surface area (Å²) in [6, 6.07) is 14.2. The maximum Gasteiger partial charge on any atom is 0.387 e. The van der Waals surface area contributed by atoms with E-state index in [4.69, 9.17) is 4.74 Å². The fraction of sp³-hybridized carbons (Fsp3) is 0.211. The molecule has 24 heavy (non-hydrogen) atoms. The van der Waals surface area contributed by atoms with Crippen molar-refractivity contribution in [2.24, 2.45) is 0 Å². The Labute approximate surface area is 139 Å². The van der Waals surface area contributed by atoms with E-state index >= 15 is 0 Å². The third kappa shape index (κ3) is 5.50. The van der Waals surface area contributed by atoms with Crippen LogP contribution in [0.2, 0.25) is 0 Å². The summed E-state index contributed by atoms with van der Waals surface area (Å²) in [4.78, 5) is 11.3. The lowest BCUT2D eigenvalue weighted by Gasteiger charge is -2.10. The first-order valence-corrected chi connectivity index (χ1v) is 7.55. The number of carbonyl (C=O) groups excluding carboxylic acids is 1. The summed E-state index contributed by atoms with van der Waals surface area (Å²) in [5, 5.41) is 0. The van der Waals surface area contributed by atoms with Gasteiger partial charge in [0.05, 0.1) is 6.61 Å². The molecule has 0 spiro atoms. The fourth-order valence-electron chi connectivity index (χ4n) is 2.24. The van der Waals surface area contributed by atoms with Crippen LogP contribution in [0.15, 0.2) is 54.6 Å². The molecular weight excluding hydrogens is 314 g/mol. The van der Waals surface area contributed by atoms with Crippen molar-refractivity contribution in [2.45, 2.75) is 20.0 Å². The predicted molar refractivity (Wildman–Crippen MR) is 88.0 cm³/mol. The third-order valence-electron chi connectivity index (χ3n) is 3.23. The summed E-state index contributed by atoms with van der Waals surface area (Å²) in [7, 11) is 0. The molecule has 5 heteroatoms. The van der Waals surface area contributed by atoms with Crippen molar-refractivity contribution in [3.05, 3.63) is 71.3 Å². The highest BCUT2D eigenvalue weighted by Gasteiger charge is 2.09. The number of ether oxygens (including phenoxy) is 2. The molecule has 0 radical (unpaired) electrons. The first-order chi connectivity index (χ1) is 11.6. The second-order valence-corrected chi connectivity index (χ2v) is 4.99. The highest BCUT2D eigenvalue weighted by atomic mass is 19.3. The molecule has 2 aromatic carbocycles.